The second-order valence-corrected chi connectivity index (χ2v) is 11.9. The fourth-order valence-corrected chi connectivity index (χ4v) is 6.16. The average Bonchev–Trinajstić information content (AvgIpc) is 3.55. The van der Waals surface area contributed by atoms with Crippen molar-refractivity contribution in [3.8, 4) is 0 Å². The summed E-state index contributed by atoms with van der Waals surface area (Å²) in [7, 11) is 0. The van der Waals surface area contributed by atoms with Gasteiger partial charge in [0.05, 0.1) is 11.4 Å². The third-order valence-electron chi connectivity index (χ3n) is 8.41. The first-order valence-electron chi connectivity index (χ1n) is 16.1. The van der Waals surface area contributed by atoms with Crippen LogP contribution >= 0.6 is 11.6 Å². The highest BCUT2D eigenvalue weighted by Crippen LogP contribution is 2.31. The molecule has 0 unspecified atom stereocenters. The number of carbonyl (C=O) groups is 2. The van der Waals surface area contributed by atoms with Gasteiger partial charge in [0.15, 0.2) is 16.7 Å². The molecular formula is C32H37ClF3N9O4. The second-order valence-electron chi connectivity index (χ2n) is 11.6. The summed E-state index contributed by atoms with van der Waals surface area (Å²) in [6.07, 6.45) is 2.88. The predicted octanol–water partition coefficient (Wildman–Crippen LogP) is 5.04. The topological polar surface area (TPSA) is 150 Å². The van der Waals surface area contributed by atoms with E-state index in [2.05, 4.69) is 20.4 Å². The number of aliphatic hydroxyl groups excluding tert-OH is 1. The van der Waals surface area contributed by atoms with Gasteiger partial charge in [-0.1, -0.05) is 31.5 Å². The maximum Gasteiger partial charge on any atom is 0.433 e. The minimum Gasteiger partial charge on any atom is -0.510 e. The van der Waals surface area contributed by atoms with Crippen LogP contribution in [-0.2, 0) is 28.7 Å². The summed E-state index contributed by atoms with van der Waals surface area (Å²) in [4.78, 5) is 56.4. The number of fused-ring (bicyclic) bond motifs is 1. The molecule has 2 amide bonds. The van der Waals surface area contributed by atoms with Crippen molar-refractivity contribution in [2.75, 3.05) is 36.4 Å². The third kappa shape index (κ3) is 7.48. The van der Waals surface area contributed by atoms with Gasteiger partial charge in [0.1, 0.15) is 23.7 Å². The summed E-state index contributed by atoms with van der Waals surface area (Å²) in [5.41, 5.74) is -0.102. The Morgan fingerprint density at radius 3 is 2.45 bits per heavy atom. The zero-order valence-corrected chi connectivity index (χ0v) is 28.1. The number of piperazine rings is 1. The van der Waals surface area contributed by atoms with E-state index in [9.17, 15) is 32.7 Å². The molecule has 0 aromatic carbocycles. The molecule has 5 rings (SSSR count). The van der Waals surface area contributed by atoms with Gasteiger partial charge in [-0.15, -0.1) is 5.10 Å². The number of hydrogen-bond acceptors (Lipinski definition) is 9. The number of alkyl halides is 3. The Balaban J connectivity index is 1.52. The molecule has 1 saturated heterocycles. The van der Waals surface area contributed by atoms with Crippen LogP contribution in [-0.4, -0.2) is 78.4 Å². The second kappa shape index (κ2) is 14.8. The largest absolute Gasteiger partial charge is 0.510 e. The van der Waals surface area contributed by atoms with Crippen LogP contribution in [0.5, 0.6) is 0 Å². The van der Waals surface area contributed by atoms with E-state index >= 15 is 0 Å². The smallest absolute Gasteiger partial charge is 0.433 e. The van der Waals surface area contributed by atoms with Crippen LogP contribution in [0.1, 0.15) is 70.1 Å². The van der Waals surface area contributed by atoms with E-state index in [-0.39, 0.29) is 67.8 Å². The molecule has 2 aliphatic rings. The molecule has 1 aliphatic carbocycles. The number of anilines is 2. The van der Waals surface area contributed by atoms with Crippen molar-refractivity contribution in [3.05, 3.63) is 62.4 Å². The van der Waals surface area contributed by atoms with E-state index in [1.165, 1.54) is 10.7 Å². The molecule has 13 nitrogen and oxygen atoms in total. The summed E-state index contributed by atoms with van der Waals surface area (Å²) < 4.78 is 42.1. The SMILES string of the molecule is CC=N/C(C(=O)N1CCN(c2c(CC)n(CC(=O)Nc3ccc(C(F)(F)F)nc3Cl)c3nc(C4=CCCCC4)nn3c2=O)CC1)=C(/O)CC. The zero-order chi connectivity index (χ0) is 35.5. The fourth-order valence-electron chi connectivity index (χ4n) is 5.96. The van der Waals surface area contributed by atoms with Crippen molar-refractivity contribution in [3.63, 3.8) is 0 Å². The molecule has 1 aliphatic heterocycles. The summed E-state index contributed by atoms with van der Waals surface area (Å²) in [5.74, 6) is -0.667. The van der Waals surface area contributed by atoms with E-state index in [0.29, 0.717) is 17.9 Å². The average molecular weight is 704 g/mol. The molecule has 262 valence electrons. The maximum absolute atomic E-state index is 14.2. The summed E-state index contributed by atoms with van der Waals surface area (Å²) in [5, 5.41) is 16.9. The predicted molar refractivity (Wildman–Crippen MR) is 179 cm³/mol. The van der Waals surface area contributed by atoms with E-state index in [0.717, 1.165) is 43.4 Å². The monoisotopic (exact) mass is 703 g/mol. The lowest BCUT2D eigenvalue weighted by Crippen LogP contribution is -2.51. The number of amides is 2. The van der Waals surface area contributed by atoms with E-state index in [1.807, 2.05) is 17.9 Å². The third-order valence-corrected chi connectivity index (χ3v) is 8.69. The molecule has 2 N–H and O–H groups in total. The number of aromatic nitrogens is 5. The number of aliphatic hydroxyl groups is 1. The van der Waals surface area contributed by atoms with Crippen LogP contribution in [0.4, 0.5) is 24.5 Å². The summed E-state index contributed by atoms with van der Waals surface area (Å²) >= 11 is 6.00. The first-order chi connectivity index (χ1) is 23.4. The number of nitrogens with one attached hydrogen (secondary N) is 1. The minimum atomic E-state index is -4.71. The van der Waals surface area contributed by atoms with Crippen molar-refractivity contribution in [2.45, 2.75) is 72.0 Å². The molecule has 3 aromatic heterocycles. The maximum atomic E-state index is 14.2. The van der Waals surface area contributed by atoms with Crippen molar-refractivity contribution in [1.29, 1.82) is 0 Å². The van der Waals surface area contributed by atoms with Crippen LogP contribution in [0, 0.1) is 0 Å². The highest BCUT2D eigenvalue weighted by molar-refractivity contribution is 6.32. The summed E-state index contributed by atoms with van der Waals surface area (Å²) in [6, 6.07) is 1.75. The van der Waals surface area contributed by atoms with E-state index < -0.39 is 34.4 Å². The van der Waals surface area contributed by atoms with E-state index in [1.54, 1.807) is 23.3 Å². The first kappa shape index (κ1) is 35.6. The summed E-state index contributed by atoms with van der Waals surface area (Å²) in [6.45, 7) is 5.82. The Kier molecular flexibility index (Phi) is 10.7. The van der Waals surface area contributed by atoms with Crippen molar-refractivity contribution < 1.29 is 27.9 Å². The minimum absolute atomic E-state index is 0.0296. The molecule has 4 heterocycles. The van der Waals surface area contributed by atoms with Gasteiger partial charge in [0.2, 0.25) is 11.7 Å². The van der Waals surface area contributed by atoms with Crippen LogP contribution < -0.4 is 15.8 Å². The van der Waals surface area contributed by atoms with E-state index in [4.69, 9.17) is 16.6 Å². The molecule has 0 spiro atoms. The standard InChI is InChI=1S/C32H37ClF3N9O4/c1-4-21-26(42-14-16-43(17-15-42)29(48)25(37-6-3)22(46)5-2)30(49)45-31(40-28(41-45)19-10-8-7-9-11-19)44(21)18-24(47)38-20-12-13-23(32(34,35)36)39-27(20)33/h6,10,12-13,46H,4-5,7-9,11,14-18H2,1-3H3,(H,38,47)/b25-22+,37-6?. The van der Waals surface area contributed by atoms with Crippen LogP contribution in [0.3, 0.4) is 0 Å². The number of pyridine rings is 1. The first-order valence-corrected chi connectivity index (χ1v) is 16.5. The molecule has 0 atom stereocenters. The number of rotatable bonds is 9. The van der Waals surface area contributed by atoms with Crippen molar-refractivity contribution >= 4 is 52.4 Å². The van der Waals surface area contributed by atoms with Gasteiger partial charge in [-0.05, 0) is 56.7 Å². The number of nitrogens with zero attached hydrogens (tertiary/aromatic N) is 8. The normalized spacial score (nSPS) is 16.3. The molecule has 1 fully saturated rings. The Labute approximate surface area is 284 Å². The van der Waals surface area contributed by atoms with Crippen LogP contribution in [0.25, 0.3) is 11.4 Å². The lowest BCUT2D eigenvalue weighted by atomic mass is 9.99. The van der Waals surface area contributed by atoms with Gasteiger partial charge >= 0.3 is 6.18 Å². The number of carbonyl (C=O) groups excluding carboxylic acids is 2. The van der Waals surface area contributed by atoms with Gasteiger partial charge < -0.3 is 24.8 Å². The van der Waals surface area contributed by atoms with Gasteiger partial charge in [-0.25, -0.2) is 4.98 Å². The van der Waals surface area contributed by atoms with Gasteiger partial charge in [0, 0.05) is 38.8 Å². The van der Waals surface area contributed by atoms with Gasteiger partial charge in [-0.3, -0.25) is 19.4 Å². The highest BCUT2D eigenvalue weighted by Gasteiger charge is 2.34. The van der Waals surface area contributed by atoms with Crippen LogP contribution in [0.15, 0.2) is 39.5 Å². The number of allylic oxidation sites excluding steroid dienone is 3. The van der Waals surface area contributed by atoms with Crippen molar-refractivity contribution in [1.82, 2.24) is 29.0 Å². The zero-order valence-electron chi connectivity index (χ0n) is 27.3. The molecule has 3 aromatic rings. The molecule has 17 heteroatoms. The fraction of sp³-hybridized carbons (Fsp3) is 0.469. The molecule has 0 bridgehead atoms. The number of aliphatic imine (C=N–C) groups is 1. The lowest BCUT2D eigenvalue weighted by molar-refractivity contribution is -0.141. The van der Waals surface area contributed by atoms with Crippen LogP contribution in [0.2, 0.25) is 5.15 Å². The molecular weight excluding hydrogens is 667 g/mol. The number of hydrogen-bond donors (Lipinski definition) is 2. The molecule has 0 radical (unpaired) electrons. The van der Waals surface area contributed by atoms with Crippen molar-refractivity contribution in [2.24, 2.45) is 4.99 Å². The lowest BCUT2D eigenvalue weighted by Gasteiger charge is -2.36. The Morgan fingerprint density at radius 1 is 1.12 bits per heavy atom. The molecule has 0 saturated carbocycles. The Morgan fingerprint density at radius 2 is 1.86 bits per heavy atom. The highest BCUT2D eigenvalue weighted by atomic mass is 35.5. The quantitative estimate of drug-likeness (QED) is 0.136. The number of halogens is 4. The van der Waals surface area contributed by atoms with Gasteiger partial charge in [0.25, 0.3) is 11.5 Å². The Hall–Kier alpha value is -4.73. The van der Waals surface area contributed by atoms with Gasteiger partial charge in [-0.2, -0.15) is 22.7 Å². The Bertz CT molecular complexity index is 1910. The molecule has 49 heavy (non-hydrogen) atoms.